The second-order valence-electron chi connectivity index (χ2n) is 6.17. The number of ether oxygens (including phenoxy) is 2. The fourth-order valence-corrected chi connectivity index (χ4v) is 3.99. The van der Waals surface area contributed by atoms with E-state index in [1.165, 1.54) is 6.42 Å². The Kier molecular flexibility index (Phi) is 8.99. The maximum Gasteiger partial charge on any atom is 0.331 e. The third-order valence-electron chi connectivity index (χ3n) is 3.56. The molecule has 0 aromatic rings. The van der Waals surface area contributed by atoms with Gasteiger partial charge in [-0.1, -0.05) is 19.3 Å². The third-order valence-corrected chi connectivity index (χ3v) is 5.11. The number of sulfonamides is 1. The summed E-state index contributed by atoms with van der Waals surface area (Å²) in [5.74, 6) is -1.01. The van der Waals surface area contributed by atoms with Crippen molar-refractivity contribution < 1.29 is 27.5 Å². The maximum absolute atomic E-state index is 11.9. The van der Waals surface area contributed by atoms with Gasteiger partial charge in [0.2, 0.25) is 10.0 Å². The number of hydrogen-bond donors (Lipinski definition) is 1. The molecule has 0 aromatic heterocycles. The molecule has 1 aliphatic rings. The van der Waals surface area contributed by atoms with E-state index >= 15 is 0 Å². The summed E-state index contributed by atoms with van der Waals surface area (Å²) < 4.78 is 35.9. The van der Waals surface area contributed by atoms with E-state index in [2.05, 4.69) is 4.72 Å². The van der Waals surface area contributed by atoms with Crippen molar-refractivity contribution in [2.75, 3.05) is 18.9 Å². The number of nitrogens with one attached hydrogen (secondary N) is 1. The first kappa shape index (κ1) is 20.6. The first-order valence-electron chi connectivity index (χ1n) is 8.31. The van der Waals surface area contributed by atoms with Crippen LogP contribution >= 0.6 is 0 Å². The molecular weight excluding hydrogens is 334 g/mol. The molecule has 1 N–H and O–H groups in total. The molecule has 1 aliphatic carbocycles. The summed E-state index contributed by atoms with van der Waals surface area (Å²) in [5, 5.41) is 0. The number of carbonyl (C=O) groups excluding carboxylic acids is 2. The third kappa shape index (κ3) is 9.67. The van der Waals surface area contributed by atoms with Crippen LogP contribution in [0, 0.1) is 5.92 Å². The summed E-state index contributed by atoms with van der Waals surface area (Å²) in [6.45, 7) is 3.32. The standard InChI is InChI=1S/C16H27NO6S/c1-13(2)23-16(19)9-8-15(18)22-11-10-17-24(20,21)12-14-6-4-3-5-7-14/h8-9,13-14,17H,3-7,10-12H2,1-2H3/b9-8+. The minimum atomic E-state index is -3.35. The van der Waals surface area contributed by atoms with E-state index in [1.807, 2.05) is 0 Å². The Morgan fingerprint density at radius 2 is 1.75 bits per heavy atom. The van der Waals surface area contributed by atoms with Crippen LogP contribution < -0.4 is 4.72 Å². The molecular formula is C16H27NO6S. The van der Waals surface area contributed by atoms with E-state index in [0.29, 0.717) is 0 Å². The molecule has 7 nitrogen and oxygen atoms in total. The summed E-state index contributed by atoms with van der Waals surface area (Å²) in [6, 6.07) is 0. The van der Waals surface area contributed by atoms with Gasteiger partial charge in [0, 0.05) is 18.7 Å². The zero-order valence-corrected chi connectivity index (χ0v) is 15.1. The van der Waals surface area contributed by atoms with Crippen LogP contribution in [0.15, 0.2) is 12.2 Å². The molecule has 1 saturated carbocycles. The molecule has 24 heavy (non-hydrogen) atoms. The molecule has 0 heterocycles. The van der Waals surface area contributed by atoms with E-state index in [4.69, 9.17) is 9.47 Å². The first-order valence-corrected chi connectivity index (χ1v) is 9.96. The van der Waals surface area contributed by atoms with E-state index in [0.717, 1.165) is 37.8 Å². The molecule has 0 aromatic carbocycles. The lowest BCUT2D eigenvalue weighted by Gasteiger charge is -2.21. The summed E-state index contributed by atoms with van der Waals surface area (Å²) in [7, 11) is -3.35. The second-order valence-corrected chi connectivity index (χ2v) is 8.02. The summed E-state index contributed by atoms with van der Waals surface area (Å²) in [4.78, 5) is 22.6. The smallest absolute Gasteiger partial charge is 0.331 e. The van der Waals surface area contributed by atoms with Crippen molar-refractivity contribution in [3.05, 3.63) is 12.2 Å². The molecule has 0 bridgehead atoms. The van der Waals surface area contributed by atoms with Gasteiger partial charge in [0.25, 0.3) is 0 Å². The minimum Gasteiger partial charge on any atom is -0.461 e. The molecule has 0 amide bonds. The highest BCUT2D eigenvalue weighted by Crippen LogP contribution is 2.24. The summed E-state index contributed by atoms with van der Waals surface area (Å²) >= 11 is 0. The van der Waals surface area contributed by atoms with Crippen LogP contribution in [0.25, 0.3) is 0 Å². The van der Waals surface area contributed by atoms with Crippen molar-refractivity contribution in [1.29, 1.82) is 0 Å². The monoisotopic (exact) mass is 361 g/mol. The largest absolute Gasteiger partial charge is 0.461 e. The maximum atomic E-state index is 11.9. The van der Waals surface area contributed by atoms with Gasteiger partial charge in [-0.25, -0.2) is 22.7 Å². The van der Waals surface area contributed by atoms with Crippen LogP contribution in [0.2, 0.25) is 0 Å². The Morgan fingerprint density at radius 3 is 2.38 bits per heavy atom. The molecule has 0 atom stereocenters. The molecule has 1 rings (SSSR count). The van der Waals surface area contributed by atoms with E-state index in [1.54, 1.807) is 13.8 Å². The highest BCUT2D eigenvalue weighted by molar-refractivity contribution is 7.89. The Morgan fingerprint density at radius 1 is 1.12 bits per heavy atom. The SMILES string of the molecule is CC(C)OC(=O)/C=C/C(=O)OCCNS(=O)(=O)CC1CCCCC1. The van der Waals surface area contributed by atoms with Crippen LogP contribution in [0.5, 0.6) is 0 Å². The Hall–Kier alpha value is -1.41. The molecule has 138 valence electrons. The topological polar surface area (TPSA) is 98.8 Å². The lowest BCUT2D eigenvalue weighted by atomic mass is 9.91. The van der Waals surface area contributed by atoms with Gasteiger partial charge in [-0.3, -0.25) is 0 Å². The van der Waals surface area contributed by atoms with Gasteiger partial charge in [0.15, 0.2) is 0 Å². The molecule has 8 heteroatoms. The van der Waals surface area contributed by atoms with Gasteiger partial charge in [-0.05, 0) is 32.6 Å². The number of hydrogen-bond acceptors (Lipinski definition) is 6. The first-order chi connectivity index (χ1) is 11.3. The molecule has 0 spiro atoms. The van der Waals surface area contributed by atoms with Crippen LogP contribution in [-0.4, -0.2) is 45.4 Å². The fourth-order valence-electron chi connectivity index (χ4n) is 2.53. The van der Waals surface area contributed by atoms with Crippen LogP contribution in [-0.2, 0) is 29.1 Å². The highest BCUT2D eigenvalue weighted by atomic mass is 32.2. The second kappa shape index (κ2) is 10.5. The van der Waals surface area contributed by atoms with Crippen molar-refractivity contribution in [3.63, 3.8) is 0 Å². The predicted molar refractivity (Wildman–Crippen MR) is 89.7 cm³/mol. The minimum absolute atomic E-state index is 0.0189. The Labute approximate surface area is 143 Å². The lowest BCUT2D eigenvalue weighted by Crippen LogP contribution is -2.33. The number of rotatable bonds is 9. The zero-order valence-electron chi connectivity index (χ0n) is 14.3. The fraction of sp³-hybridized carbons (Fsp3) is 0.750. The van der Waals surface area contributed by atoms with Gasteiger partial charge in [-0.15, -0.1) is 0 Å². The summed E-state index contributed by atoms with van der Waals surface area (Å²) in [6.07, 6.45) is 6.93. The average molecular weight is 361 g/mol. The van der Waals surface area contributed by atoms with Crippen molar-refractivity contribution in [1.82, 2.24) is 4.72 Å². The van der Waals surface area contributed by atoms with Crippen molar-refractivity contribution in [2.24, 2.45) is 5.92 Å². The summed E-state index contributed by atoms with van der Waals surface area (Å²) in [5.41, 5.74) is 0. The molecule has 0 saturated heterocycles. The van der Waals surface area contributed by atoms with E-state index in [9.17, 15) is 18.0 Å². The zero-order chi connectivity index (χ0) is 18.0. The average Bonchev–Trinajstić information content (AvgIpc) is 2.49. The Balaban J connectivity index is 2.20. The van der Waals surface area contributed by atoms with E-state index < -0.39 is 22.0 Å². The van der Waals surface area contributed by atoms with Crippen molar-refractivity contribution >= 4 is 22.0 Å². The molecule has 0 unspecified atom stereocenters. The normalized spacial score (nSPS) is 16.5. The molecule has 1 fully saturated rings. The van der Waals surface area contributed by atoms with Crippen molar-refractivity contribution in [3.8, 4) is 0 Å². The van der Waals surface area contributed by atoms with Gasteiger partial charge < -0.3 is 9.47 Å². The molecule has 0 radical (unpaired) electrons. The van der Waals surface area contributed by atoms with Gasteiger partial charge in [0.05, 0.1) is 11.9 Å². The van der Waals surface area contributed by atoms with Crippen LogP contribution in [0.3, 0.4) is 0 Å². The molecule has 0 aliphatic heterocycles. The van der Waals surface area contributed by atoms with Crippen LogP contribution in [0.1, 0.15) is 46.0 Å². The van der Waals surface area contributed by atoms with E-state index in [-0.39, 0.29) is 30.9 Å². The van der Waals surface area contributed by atoms with Gasteiger partial charge in [0.1, 0.15) is 6.61 Å². The van der Waals surface area contributed by atoms with Crippen molar-refractivity contribution in [2.45, 2.75) is 52.1 Å². The predicted octanol–water partition coefficient (Wildman–Crippen LogP) is 1.54. The van der Waals surface area contributed by atoms with Crippen LogP contribution in [0.4, 0.5) is 0 Å². The number of esters is 2. The highest BCUT2D eigenvalue weighted by Gasteiger charge is 2.20. The van der Waals surface area contributed by atoms with Gasteiger partial charge >= 0.3 is 11.9 Å². The lowest BCUT2D eigenvalue weighted by molar-refractivity contribution is -0.142. The van der Waals surface area contributed by atoms with Gasteiger partial charge in [-0.2, -0.15) is 0 Å². The Bertz CT molecular complexity index is 535. The quantitative estimate of drug-likeness (QED) is 0.380. The number of carbonyl (C=O) groups is 2.